The van der Waals surface area contributed by atoms with Crippen LogP contribution in [0.5, 0.6) is 0 Å². The van der Waals surface area contributed by atoms with Gasteiger partial charge in [0.05, 0.1) is 6.04 Å². The van der Waals surface area contributed by atoms with Crippen LogP contribution in [0.1, 0.15) is 31.2 Å². The minimum absolute atomic E-state index is 0.0323. The Morgan fingerprint density at radius 1 is 1.14 bits per heavy atom. The summed E-state index contributed by atoms with van der Waals surface area (Å²) in [6.07, 6.45) is 1.73. The summed E-state index contributed by atoms with van der Waals surface area (Å²) in [5.41, 5.74) is 0.838. The second-order valence-electron chi connectivity index (χ2n) is 7.01. The van der Waals surface area contributed by atoms with E-state index in [1.54, 1.807) is 0 Å². The topological polar surface area (TPSA) is 137 Å². The summed E-state index contributed by atoms with van der Waals surface area (Å²) in [6, 6.07) is 6.67. The molecule has 5 N–H and O–H groups in total. The Bertz CT molecular complexity index is 719. The molecular formula is C20H28N4O5. The van der Waals surface area contributed by atoms with E-state index >= 15 is 0 Å². The molecule has 0 bridgehead atoms. The van der Waals surface area contributed by atoms with Gasteiger partial charge in [0.15, 0.2) is 0 Å². The Balaban J connectivity index is 2.07. The highest BCUT2D eigenvalue weighted by molar-refractivity contribution is 5.92. The van der Waals surface area contributed by atoms with E-state index in [2.05, 4.69) is 21.3 Å². The van der Waals surface area contributed by atoms with E-state index in [0.717, 1.165) is 18.5 Å². The molecule has 2 rings (SSSR count). The van der Waals surface area contributed by atoms with Crippen molar-refractivity contribution in [2.45, 2.75) is 50.2 Å². The van der Waals surface area contributed by atoms with Crippen LogP contribution >= 0.6 is 0 Å². The lowest BCUT2D eigenvalue weighted by molar-refractivity contribution is -0.142. The molecule has 0 aliphatic carbocycles. The molecule has 0 aromatic heterocycles. The molecule has 0 radical (unpaired) electrons. The first kappa shape index (κ1) is 22.4. The molecule has 1 aromatic rings. The lowest BCUT2D eigenvalue weighted by atomic mass is 10.0. The van der Waals surface area contributed by atoms with Gasteiger partial charge in [-0.1, -0.05) is 30.3 Å². The van der Waals surface area contributed by atoms with Crippen molar-refractivity contribution in [3.8, 4) is 0 Å². The molecule has 1 saturated heterocycles. The van der Waals surface area contributed by atoms with E-state index in [4.69, 9.17) is 0 Å². The van der Waals surface area contributed by atoms with Crippen LogP contribution in [-0.4, -0.2) is 60.5 Å². The van der Waals surface area contributed by atoms with Crippen molar-refractivity contribution in [3.05, 3.63) is 35.9 Å². The van der Waals surface area contributed by atoms with Crippen LogP contribution in [0.25, 0.3) is 0 Å². The molecule has 1 heterocycles. The molecule has 3 atom stereocenters. The Kier molecular flexibility index (Phi) is 8.60. The first-order chi connectivity index (χ1) is 13.9. The molecule has 1 aliphatic rings. The van der Waals surface area contributed by atoms with Gasteiger partial charge in [0.1, 0.15) is 12.1 Å². The van der Waals surface area contributed by atoms with Gasteiger partial charge in [0, 0.05) is 19.9 Å². The maximum atomic E-state index is 12.8. The Labute approximate surface area is 169 Å². The monoisotopic (exact) mass is 404 g/mol. The number of amides is 3. The van der Waals surface area contributed by atoms with Gasteiger partial charge in [-0.25, -0.2) is 4.79 Å². The first-order valence-corrected chi connectivity index (χ1v) is 9.72. The molecule has 0 spiro atoms. The molecule has 1 aromatic carbocycles. The molecule has 1 fully saturated rings. The number of rotatable bonds is 10. The van der Waals surface area contributed by atoms with E-state index in [1.807, 2.05) is 30.3 Å². The fourth-order valence-electron chi connectivity index (χ4n) is 3.17. The highest BCUT2D eigenvalue weighted by atomic mass is 16.4. The lowest BCUT2D eigenvalue weighted by Gasteiger charge is -2.23. The molecule has 9 nitrogen and oxygen atoms in total. The fraction of sp³-hybridized carbons (Fsp3) is 0.500. The third kappa shape index (κ3) is 7.19. The third-order valence-corrected chi connectivity index (χ3v) is 4.85. The number of nitrogens with one attached hydrogen (secondary N) is 4. The predicted molar refractivity (Wildman–Crippen MR) is 106 cm³/mol. The van der Waals surface area contributed by atoms with Gasteiger partial charge < -0.3 is 26.4 Å². The van der Waals surface area contributed by atoms with Crippen LogP contribution in [0.4, 0.5) is 0 Å². The summed E-state index contributed by atoms with van der Waals surface area (Å²) in [7, 11) is 1.46. The molecule has 29 heavy (non-hydrogen) atoms. The highest BCUT2D eigenvalue weighted by Gasteiger charge is 2.30. The smallest absolute Gasteiger partial charge is 0.326 e. The zero-order valence-electron chi connectivity index (χ0n) is 16.4. The second-order valence-corrected chi connectivity index (χ2v) is 7.01. The summed E-state index contributed by atoms with van der Waals surface area (Å²) in [5.74, 6) is -2.42. The van der Waals surface area contributed by atoms with Crippen LogP contribution in [0, 0.1) is 0 Å². The van der Waals surface area contributed by atoms with Crippen molar-refractivity contribution in [3.63, 3.8) is 0 Å². The number of aliphatic carboxylic acids is 1. The predicted octanol–water partition coefficient (Wildman–Crippen LogP) is -0.438. The summed E-state index contributed by atoms with van der Waals surface area (Å²) in [6.45, 7) is 0.744. The van der Waals surface area contributed by atoms with Crippen LogP contribution in [0.15, 0.2) is 30.3 Å². The van der Waals surface area contributed by atoms with E-state index in [-0.39, 0.29) is 37.1 Å². The molecule has 1 aliphatic heterocycles. The zero-order chi connectivity index (χ0) is 21.2. The fourth-order valence-corrected chi connectivity index (χ4v) is 3.17. The summed E-state index contributed by atoms with van der Waals surface area (Å²) in [4.78, 5) is 48.2. The van der Waals surface area contributed by atoms with Crippen molar-refractivity contribution < 1.29 is 24.3 Å². The number of carbonyl (C=O) groups is 4. The van der Waals surface area contributed by atoms with Crippen molar-refractivity contribution >= 4 is 23.7 Å². The van der Waals surface area contributed by atoms with Crippen LogP contribution in [0.2, 0.25) is 0 Å². The van der Waals surface area contributed by atoms with Crippen molar-refractivity contribution in [2.24, 2.45) is 0 Å². The number of hydrogen-bond donors (Lipinski definition) is 5. The standard InChI is InChI=1S/C20H28N4O5/c1-21-17(25)10-9-15(20(28)29)23-19(27)16(12-13-6-3-2-4-7-13)24-18(26)14-8-5-11-22-14/h2-4,6-7,14-16,22H,5,8-12H2,1H3,(H,21,25)(H,23,27)(H,24,26)(H,28,29)/t14-,15-,16-/m0/s1. The van der Waals surface area contributed by atoms with Gasteiger partial charge in [-0.2, -0.15) is 0 Å². The van der Waals surface area contributed by atoms with Gasteiger partial charge >= 0.3 is 5.97 Å². The lowest BCUT2D eigenvalue weighted by Crippen LogP contribution is -2.55. The summed E-state index contributed by atoms with van der Waals surface area (Å²) < 4.78 is 0. The van der Waals surface area contributed by atoms with E-state index < -0.39 is 24.0 Å². The van der Waals surface area contributed by atoms with Gasteiger partial charge in [0.2, 0.25) is 17.7 Å². The highest BCUT2D eigenvalue weighted by Crippen LogP contribution is 2.09. The maximum Gasteiger partial charge on any atom is 0.326 e. The largest absolute Gasteiger partial charge is 0.480 e. The maximum absolute atomic E-state index is 12.8. The minimum Gasteiger partial charge on any atom is -0.480 e. The number of carboxylic acids is 1. The van der Waals surface area contributed by atoms with E-state index in [9.17, 15) is 24.3 Å². The summed E-state index contributed by atoms with van der Waals surface area (Å²) in [5, 5.41) is 20.1. The Morgan fingerprint density at radius 3 is 2.45 bits per heavy atom. The Morgan fingerprint density at radius 2 is 1.86 bits per heavy atom. The van der Waals surface area contributed by atoms with Crippen LogP contribution in [-0.2, 0) is 25.6 Å². The van der Waals surface area contributed by atoms with Gasteiger partial charge in [-0.15, -0.1) is 0 Å². The number of benzene rings is 1. The van der Waals surface area contributed by atoms with E-state index in [0.29, 0.717) is 6.42 Å². The third-order valence-electron chi connectivity index (χ3n) is 4.85. The minimum atomic E-state index is -1.23. The van der Waals surface area contributed by atoms with Crippen molar-refractivity contribution in [1.29, 1.82) is 0 Å². The quantitative estimate of drug-likeness (QED) is 0.359. The molecule has 0 saturated carbocycles. The Hall–Kier alpha value is -2.94. The normalized spacial score (nSPS) is 17.8. The van der Waals surface area contributed by atoms with Gasteiger partial charge in [-0.05, 0) is 31.4 Å². The zero-order valence-corrected chi connectivity index (χ0v) is 16.4. The van der Waals surface area contributed by atoms with Crippen molar-refractivity contribution in [2.75, 3.05) is 13.6 Å². The number of hydrogen-bond acceptors (Lipinski definition) is 5. The summed E-state index contributed by atoms with van der Waals surface area (Å²) >= 11 is 0. The van der Waals surface area contributed by atoms with Crippen LogP contribution in [0.3, 0.4) is 0 Å². The number of carbonyl (C=O) groups excluding carboxylic acids is 3. The van der Waals surface area contributed by atoms with Crippen molar-refractivity contribution in [1.82, 2.24) is 21.3 Å². The van der Waals surface area contributed by atoms with Gasteiger partial charge in [0.25, 0.3) is 0 Å². The van der Waals surface area contributed by atoms with E-state index in [1.165, 1.54) is 7.05 Å². The average molecular weight is 404 g/mol. The molecule has 3 amide bonds. The molecule has 0 unspecified atom stereocenters. The molecule has 9 heteroatoms. The second kappa shape index (κ2) is 11.2. The SMILES string of the molecule is CNC(=O)CC[C@H](NC(=O)[C@H](Cc1ccccc1)NC(=O)[C@@H]1CCCN1)C(=O)O. The molecule has 158 valence electrons. The first-order valence-electron chi connectivity index (χ1n) is 9.72. The van der Waals surface area contributed by atoms with Crippen LogP contribution < -0.4 is 21.3 Å². The average Bonchev–Trinajstić information content (AvgIpc) is 3.25. The molecular weight excluding hydrogens is 376 g/mol. The number of carboxylic acid groups (broad SMARTS) is 1. The van der Waals surface area contributed by atoms with Gasteiger partial charge in [-0.3, -0.25) is 14.4 Å².